The van der Waals surface area contributed by atoms with Crippen LogP contribution in [0.2, 0.25) is 5.02 Å². The van der Waals surface area contributed by atoms with Gasteiger partial charge in [-0.05, 0) is 18.6 Å². The molecule has 0 radical (unpaired) electrons. The van der Waals surface area contributed by atoms with Crippen LogP contribution in [0.3, 0.4) is 0 Å². The van der Waals surface area contributed by atoms with Gasteiger partial charge in [0.25, 0.3) is 5.91 Å². The van der Waals surface area contributed by atoms with Crippen molar-refractivity contribution in [1.29, 1.82) is 0 Å². The molecule has 0 saturated carbocycles. The van der Waals surface area contributed by atoms with Gasteiger partial charge in [-0.25, -0.2) is 4.79 Å². The second-order valence-electron chi connectivity index (χ2n) is 5.58. The third-order valence-electron chi connectivity index (χ3n) is 3.66. The van der Waals surface area contributed by atoms with E-state index in [-0.39, 0.29) is 12.5 Å². The Balaban J connectivity index is 1.55. The number of esters is 1. The second-order valence-corrected chi connectivity index (χ2v) is 7.01. The number of benzene rings is 2. The van der Waals surface area contributed by atoms with E-state index in [4.69, 9.17) is 16.3 Å². The molecule has 0 aliphatic carbocycles. The molecule has 1 N–H and O–H groups in total. The molecule has 0 saturated heterocycles. The summed E-state index contributed by atoms with van der Waals surface area (Å²) < 4.78 is 5.99. The molecule has 0 aliphatic rings. The lowest BCUT2D eigenvalue weighted by Gasteiger charge is -2.06. The first-order chi connectivity index (χ1) is 12.0. The van der Waals surface area contributed by atoms with Gasteiger partial charge in [-0.1, -0.05) is 59.6 Å². The number of carbonyl (C=O) groups excluding carboxylic acids is 2. The van der Waals surface area contributed by atoms with Crippen molar-refractivity contribution >= 4 is 44.9 Å². The molecule has 0 bridgehead atoms. The highest BCUT2D eigenvalue weighted by Crippen LogP contribution is 2.35. The summed E-state index contributed by atoms with van der Waals surface area (Å²) in [6, 6.07) is 15.3. The van der Waals surface area contributed by atoms with E-state index >= 15 is 0 Å². The molecule has 1 amide bonds. The minimum atomic E-state index is -0.586. The van der Waals surface area contributed by atoms with Crippen LogP contribution in [0.25, 0.3) is 10.1 Å². The SMILES string of the molecule is Cc1ccc(CNC(=O)COC(=O)c2sc3ccccc3c2Cl)cc1. The minimum absolute atomic E-state index is 0.314. The van der Waals surface area contributed by atoms with Crippen molar-refractivity contribution in [2.75, 3.05) is 6.61 Å². The molecule has 4 nitrogen and oxygen atoms in total. The Morgan fingerprint density at radius 2 is 1.84 bits per heavy atom. The van der Waals surface area contributed by atoms with Crippen molar-refractivity contribution in [3.63, 3.8) is 0 Å². The van der Waals surface area contributed by atoms with Crippen molar-refractivity contribution in [2.45, 2.75) is 13.5 Å². The third-order valence-corrected chi connectivity index (χ3v) is 5.32. The van der Waals surface area contributed by atoms with Gasteiger partial charge in [-0.3, -0.25) is 4.79 Å². The normalized spacial score (nSPS) is 10.6. The first-order valence-corrected chi connectivity index (χ1v) is 8.90. The van der Waals surface area contributed by atoms with E-state index in [1.807, 2.05) is 55.5 Å². The summed E-state index contributed by atoms with van der Waals surface area (Å²) in [7, 11) is 0. The van der Waals surface area contributed by atoms with Crippen molar-refractivity contribution in [3.8, 4) is 0 Å². The van der Waals surface area contributed by atoms with E-state index in [9.17, 15) is 9.59 Å². The molecule has 1 aromatic heterocycles. The molecule has 6 heteroatoms. The Morgan fingerprint density at radius 1 is 1.12 bits per heavy atom. The van der Waals surface area contributed by atoms with Crippen molar-refractivity contribution in [1.82, 2.24) is 5.32 Å². The van der Waals surface area contributed by atoms with E-state index in [0.29, 0.717) is 16.4 Å². The van der Waals surface area contributed by atoms with Crippen molar-refractivity contribution < 1.29 is 14.3 Å². The highest BCUT2D eigenvalue weighted by atomic mass is 35.5. The lowest BCUT2D eigenvalue weighted by atomic mass is 10.1. The van der Waals surface area contributed by atoms with Crippen LogP contribution < -0.4 is 5.32 Å². The number of ether oxygens (including phenoxy) is 1. The zero-order valence-corrected chi connectivity index (χ0v) is 15.1. The standard InChI is InChI=1S/C19H16ClNO3S/c1-12-6-8-13(9-7-12)10-21-16(22)11-24-19(23)18-17(20)14-4-2-3-5-15(14)25-18/h2-9H,10-11H2,1H3,(H,21,22). The van der Waals surface area contributed by atoms with Crippen molar-refractivity contribution in [2.24, 2.45) is 0 Å². The number of aryl methyl sites for hydroxylation is 1. The summed E-state index contributed by atoms with van der Waals surface area (Å²) in [5.74, 6) is -0.942. The zero-order chi connectivity index (χ0) is 17.8. The molecule has 1 heterocycles. The van der Waals surface area contributed by atoms with Crippen LogP contribution in [0.5, 0.6) is 0 Å². The average Bonchev–Trinajstić information content (AvgIpc) is 2.96. The smallest absolute Gasteiger partial charge is 0.350 e. The molecule has 3 rings (SSSR count). The number of halogens is 1. The number of hydrogen-bond acceptors (Lipinski definition) is 4. The summed E-state index contributed by atoms with van der Waals surface area (Å²) in [6.45, 7) is 2.05. The Kier molecular flexibility index (Phi) is 5.36. The fourth-order valence-electron chi connectivity index (χ4n) is 2.30. The van der Waals surface area contributed by atoms with Gasteiger partial charge in [0.05, 0.1) is 5.02 Å². The summed E-state index contributed by atoms with van der Waals surface area (Å²) in [4.78, 5) is 24.3. The Bertz CT molecular complexity index is 918. The molecular formula is C19H16ClNO3S. The Hall–Kier alpha value is -2.37. The molecule has 0 aliphatic heterocycles. The van der Waals surface area contributed by atoms with Gasteiger partial charge in [-0.15, -0.1) is 11.3 Å². The topological polar surface area (TPSA) is 55.4 Å². The minimum Gasteiger partial charge on any atom is -0.451 e. The molecule has 0 fully saturated rings. The van der Waals surface area contributed by atoms with Crippen LogP contribution >= 0.6 is 22.9 Å². The lowest BCUT2D eigenvalue weighted by Crippen LogP contribution is -2.28. The number of nitrogens with one attached hydrogen (secondary N) is 1. The van der Waals surface area contributed by atoms with Crippen LogP contribution in [0.15, 0.2) is 48.5 Å². The van der Waals surface area contributed by atoms with Gasteiger partial charge in [0.15, 0.2) is 6.61 Å². The second kappa shape index (κ2) is 7.68. The van der Waals surface area contributed by atoms with Gasteiger partial charge in [0.1, 0.15) is 4.88 Å². The zero-order valence-electron chi connectivity index (χ0n) is 13.5. The molecule has 0 spiro atoms. The van der Waals surface area contributed by atoms with Gasteiger partial charge in [0, 0.05) is 16.6 Å². The van der Waals surface area contributed by atoms with Crippen LogP contribution in [0, 0.1) is 6.92 Å². The van der Waals surface area contributed by atoms with Crippen LogP contribution in [-0.2, 0) is 16.1 Å². The van der Waals surface area contributed by atoms with E-state index in [0.717, 1.165) is 21.2 Å². The van der Waals surface area contributed by atoms with Gasteiger partial charge in [-0.2, -0.15) is 0 Å². The summed E-state index contributed by atoms with van der Waals surface area (Å²) in [5.41, 5.74) is 2.14. The quantitative estimate of drug-likeness (QED) is 0.677. The van der Waals surface area contributed by atoms with Gasteiger partial charge in [0.2, 0.25) is 0 Å². The van der Waals surface area contributed by atoms with E-state index < -0.39 is 5.97 Å². The maximum absolute atomic E-state index is 12.2. The molecule has 128 valence electrons. The maximum Gasteiger partial charge on any atom is 0.350 e. The molecule has 2 aromatic carbocycles. The number of thiophene rings is 1. The van der Waals surface area contributed by atoms with E-state index in [2.05, 4.69) is 5.32 Å². The lowest BCUT2D eigenvalue weighted by molar-refractivity contribution is -0.124. The van der Waals surface area contributed by atoms with Crippen LogP contribution in [-0.4, -0.2) is 18.5 Å². The van der Waals surface area contributed by atoms with Crippen molar-refractivity contribution in [3.05, 3.63) is 69.6 Å². The van der Waals surface area contributed by atoms with Gasteiger partial charge < -0.3 is 10.1 Å². The summed E-state index contributed by atoms with van der Waals surface area (Å²) in [6.07, 6.45) is 0. The third kappa shape index (κ3) is 4.18. The summed E-state index contributed by atoms with van der Waals surface area (Å²) in [5, 5.41) is 3.90. The Morgan fingerprint density at radius 3 is 2.56 bits per heavy atom. The molecule has 0 unspecified atom stereocenters. The highest BCUT2D eigenvalue weighted by Gasteiger charge is 2.19. The predicted molar refractivity (Wildman–Crippen MR) is 100 cm³/mol. The number of amides is 1. The number of rotatable bonds is 5. The fourth-order valence-corrected chi connectivity index (χ4v) is 3.70. The first kappa shape index (κ1) is 17.5. The molecule has 0 atom stereocenters. The summed E-state index contributed by atoms with van der Waals surface area (Å²) >= 11 is 7.49. The van der Waals surface area contributed by atoms with E-state index in [1.165, 1.54) is 11.3 Å². The number of fused-ring (bicyclic) bond motifs is 1. The van der Waals surface area contributed by atoms with Crippen LogP contribution in [0.1, 0.15) is 20.8 Å². The highest BCUT2D eigenvalue weighted by molar-refractivity contribution is 7.21. The first-order valence-electron chi connectivity index (χ1n) is 7.71. The number of carbonyl (C=O) groups is 2. The fraction of sp³-hybridized carbons (Fsp3) is 0.158. The monoisotopic (exact) mass is 373 g/mol. The number of hydrogen-bond donors (Lipinski definition) is 1. The van der Waals surface area contributed by atoms with Crippen LogP contribution in [0.4, 0.5) is 0 Å². The molecular weight excluding hydrogens is 358 g/mol. The molecule has 3 aromatic rings. The molecule has 25 heavy (non-hydrogen) atoms. The van der Waals surface area contributed by atoms with Gasteiger partial charge >= 0.3 is 5.97 Å². The maximum atomic E-state index is 12.2. The average molecular weight is 374 g/mol. The largest absolute Gasteiger partial charge is 0.451 e. The Labute approximate surface area is 154 Å². The predicted octanol–water partition coefficient (Wildman–Crippen LogP) is 4.34. The van der Waals surface area contributed by atoms with E-state index in [1.54, 1.807) is 0 Å².